The van der Waals surface area contributed by atoms with Crippen LogP contribution >= 0.6 is 0 Å². The average molecular weight is 461 g/mol. The molecule has 0 atom stereocenters. The van der Waals surface area contributed by atoms with E-state index in [1.54, 1.807) is 37.4 Å². The van der Waals surface area contributed by atoms with Crippen molar-refractivity contribution in [3.8, 4) is 0 Å². The number of allylic oxidation sites excluding steroid dienone is 6. The van der Waals surface area contributed by atoms with Gasteiger partial charge in [-0.25, -0.2) is 19.3 Å². The summed E-state index contributed by atoms with van der Waals surface area (Å²) in [7, 11) is 0. The van der Waals surface area contributed by atoms with Crippen LogP contribution < -0.4 is 16.2 Å². The van der Waals surface area contributed by atoms with Crippen LogP contribution in [0, 0.1) is 12.7 Å². The summed E-state index contributed by atoms with van der Waals surface area (Å²) >= 11 is 0. The van der Waals surface area contributed by atoms with Crippen LogP contribution in [0.2, 0.25) is 0 Å². The first-order valence-electron chi connectivity index (χ1n) is 10.4. The maximum atomic E-state index is 13.2. The summed E-state index contributed by atoms with van der Waals surface area (Å²) < 4.78 is 13.2. The van der Waals surface area contributed by atoms with Crippen molar-refractivity contribution in [2.24, 2.45) is 0 Å². The van der Waals surface area contributed by atoms with Gasteiger partial charge in [-0.05, 0) is 62.2 Å². The molecule has 0 radical (unpaired) electrons. The molecule has 8 nitrogen and oxygen atoms in total. The quantitative estimate of drug-likeness (QED) is 0.207. The van der Waals surface area contributed by atoms with Gasteiger partial charge in [0.15, 0.2) is 5.82 Å². The second kappa shape index (κ2) is 11.4. The summed E-state index contributed by atoms with van der Waals surface area (Å²) in [6, 6.07) is 11.2. The number of aliphatic hydroxyl groups is 1. The zero-order valence-electron chi connectivity index (χ0n) is 19.0. The van der Waals surface area contributed by atoms with Crippen LogP contribution in [0.5, 0.6) is 0 Å². The molecule has 0 saturated carbocycles. The van der Waals surface area contributed by atoms with Crippen LogP contribution in [0.3, 0.4) is 0 Å². The molecular weight excluding hydrogens is 435 g/mol. The smallest absolute Gasteiger partial charge is 0.288 e. The van der Waals surface area contributed by atoms with E-state index < -0.39 is 11.7 Å². The van der Waals surface area contributed by atoms with Gasteiger partial charge in [-0.2, -0.15) is 0 Å². The van der Waals surface area contributed by atoms with Crippen molar-refractivity contribution in [3.05, 3.63) is 102 Å². The van der Waals surface area contributed by atoms with Crippen molar-refractivity contribution < 1.29 is 14.3 Å². The van der Waals surface area contributed by atoms with Crippen molar-refractivity contribution in [1.82, 2.24) is 20.4 Å². The highest BCUT2D eigenvalue weighted by Gasteiger charge is 2.09. The number of benzene rings is 1. The van der Waals surface area contributed by atoms with Gasteiger partial charge in [-0.1, -0.05) is 30.4 Å². The Bertz CT molecular complexity index is 1230. The molecule has 3 rings (SSSR count). The standard InChI is InChI=1S/C25H25FN6O2/c1-4-18(7-5-6-16(2)33)19-8-10-20(11-9-19)30-21-12-13-23(27-14-21)24(34)31-32-25-28-15-22(26)17(3)29-25/h4-15,30,33H,1-3H3,(H,31,34)(H,28,29,32)/b7-5-,16-6+,18-4+. The van der Waals surface area contributed by atoms with Gasteiger partial charge < -0.3 is 10.4 Å². The summed E-state index contributed by atoms with van der Waals surface area (Å²) in [5.41, 5.74) is 8.94. The molecule has 0 fully saturated rings. The number of anilines is 3. The molecule has 9 heteroatoms. The second-order valence-corrected chi connectivity index (χ2v) is 7.25. The van der Waals surface area contributed by atoms with E-state index in [1.807, 2.05) is 43.3 Å². The monoisotopic (exact) mass is 460 g/mol. The number of nitrogens with zero attached hydrogens (tertiary/aromatic N) is 3. The molecule has 34 heavy (non-hydrogen) atoms. The summed E-state index contributed by atoms with van der Waals surface area (Å²) in [6.45, 7) is 5.07. The minimum atomic E-state index is -0.527. The number of hydrogen-bond donors (Lipinski definition) is 4. The first-order valence-corrected chi connectivity index (χ1v) is 10.4. The van der Waals surface area contributed by atoms with Crippen LogP contribution in [-0.4, -0.2) is 26.0 Å². The lowest BCUT2D eigenvalue weighted by molar-refractivity contribution is 0.0957. The highest BCUT2D eigenvalue weighted by atomic mass is 19.1. The SMILES string of the molecule is C\C=C(/C=C\C=C(/C)O)c1ccc(Nc2ccc(C(=O)NNc3ncc(F)c(C)n3)nc2)cc1. The Morgan fingerprint density at radius 2 is 1.79 bits per heavy atom. The van der Waals surface area contributed by atoms with Crippen molar-refractivity contribution in [2.75, 3.05) is 10.7 Å². The third-order valence-corrected chi connectivity index (χ3v) is 4.63. The number of nitrogens with one attached hydrogen (secondary N) is 3. The molecule has 3 aromatic rings. The van der Waals surface area contributed by atoms with Crippen LogP contribution in [0.1, 0.15) is 35.6 Å². The second-order valence-electron chi connectivity index (χ2n) is 7.25. The molecule has 0 aliphatic rings. The summed E-state index contributed by atoms with van der Waals surface area (Å²) in [4.78, 5) is 24.1. The number of carbonyl (C=O) groups is 1. The normalized spacial score (nSPS) is 12.0. The highest BCUT2D eigenvalue weighted by Crippen LogP contribution is 2.21. The highest BCUT2D eigenvalue weighted by molar-refractivity contribution is 5.93. The Kier molecular flexibility index (Phi) is 8.07. The summed E-state index contributed by atoms with van der Waals surface area (Å²) in [5.74, 6) is -0.692. The zero-order chi connectivity index (χ0) is 24.5. The van der Waals surface area contributed by atoms with Crippen molar-refractivity contribution in [3.63, 3.8) is 0 Å². The predicted octanol–water partition coefficient (Wildman–Crippen LogP) is 5.24. The van der Waals surface area contributed by atoms with Gasteiger partial charge in [0.2, 0.25) is 5.95 Å². The Balaban J connectivity index is 1.58. The minimum Gasteiger partial charge on any atom is -0.513 e. The lowest BCUT2D eigenvalue weighted by Gasteiger charge is -2.10. The average Bonchev–Trinajstić information content (AvgIpc) is 2.83. The van der Waals surface area contributed by atoms with Gasteiger partial charge in [-0.3, -0.25) is 15.6 Å². The van der Waals surface area contributed by atoms with Crippen molar-refractivity contribution >= 4 is 28.8 Å². The molecule has 0 bridgehead atoms. The molecule has 0 spiro atoms. The van der Waals surface area contributed by atoms with E-state index >= 15 is 0 Å². The van der Waals surface area contributed by atoms with Crippen LogP contribution in [0.4, 0.5) is 21.7 Å². The van der Waals surface area contributed by atoms with E-state index in [1.165, 1.54) is 6.92 Å². The van der Waals surface area contributed by atoms with E-state index in [0.29, 0.717) is 5.69 Å². The maximum absolute atomic E-state index is 13.2. The van der Waals surface area contributed by atoms with E-state index in [4.69, 9.17) is 0 Å². The largest absolute Gasteiger partial charge is 0.513 e. The number of aryl methyl sites for hydroxylation is 1. The molecule has 4 N–H and O–H groups in total. The molecule has 0 unspecified atom stereocenters. The van der Waals surface area contributed by atoms with Crippen LogP contribution in [0.25, 0.3) is 5.57 Å². The van der Waals surface area contributed by atoms with E-state index in [2.05, 4.69) is 31.1 Å². The number of aromatic nitrogens is 3. The fraction of sp³-hybridized carbons (Fsp3) is 0.120. The third kappa shape index (κ3) is 6.73. The number of hydrogen-bond acceptors (Lipinski definition) is 7. The number of carbonyl (C=O) groups excluding carboxylic acids is 1. The van der Waals surface area contributed by atoms with Crippen LogP contribution in [0.15, 0.2) is 78.9 Å². The Labute approximate surface area is 197 Å². The third-order valence-electron chi connectivity index (χ3n) is 4.63. The molecule has 2 aromatic heterocycles. The molecule has 0 aliphatic heterocycles. The van der Waals surface area contributed by atoms with Gasteiger partial charge in [0.05, 0.1) is 29.5 Å². The molecular formula is C25H25FN6O2. The lowest BCUT2D eigenvalue weighted by atomic mass is 10.0. The predicted molar refractivity (Wildman–Crippen MR) is 131 cm³/mol. The minimum absolute atomic E-state index is 0.0746. The molecule has 0 aliphatic carbocycles. The van der Waals surface area contributed by atoms with Crippen molar-refractivity contribution in [1.29, 1.82) is 0 Å². The molecule has 1 amide bonds. The Hall–Kier alpha value is -4.53. The Morgan fingerprint density at radius 3 is 2.41 bits per heavy atom. The zero-order valence-corrected chi connectivity index (χ0v) is 19.0. The van der Waals surface area contributed by atoms with Gasteiger partial charge in [0.1, 0.15) is 5.69 Å². The lowest BCUT2D eigenvalue weighted by Crippen LogP contribution is -2.31. The summed E-state index contributed by atoms with van der Waals surface area (Å²) in [5, 5.41) is 12.5. The van der Waals surface area contributed by atoms with Gasteiger partial charge in [0.25, 0.3) is 5.91 Å². The molecule has 1 aromatic carbocycles. The van der Waals surface area contributed by atoms with Crippen LogP contribution in [-0.2, 0) is 0 Å². The number of rotatable bonds is 8. The molecule has 174 valence electrons. The first-order chi connectivity index (χ1) is 16.4. The number of aliphatic hydroxyl groups excluding tert-OH is 1. The van der Waals surface area contributed by atoms with Crippen molar-refractivity contribution in [2.45, 2.75) is 20.8 Å². The fourth-order valence-electron chi connectivity index (χ4n) is 2.85. The van der Waals surface area contributed by atoms with E-state index in [9.17, 15) is 14.3 Å². The van der Waals surface area contributed by atoms with E-state index in [0.717, 1.165) is 23.0 Å². The van der Waals surface area contributed by atoms with E-state index in [-0.39, 0.29) is 23.1 Å². The first kappa shape index (κ1) is 24.1. The number of halogens is 1. The number of hydrazine groups is 1. The molecule has 2 heterocycles. The van der Waals surface area contributed by atoms with Gasteiger partial charge in [0, 0.05) is 5.69 Å². The number of amides is 1. The number of pyridine rings is 1. The Morgan fingerprint density at radius 1 is 1.06 bits per heavy atom. The van der Waals surface area contributed by atoms with Gasteiger partial charge >= 0.3 is 0 Å². The maximum Gasteiger partial charge on any atom is 0.288 e. The van der Waals surface area contributed by atoms with Gasteiger partial charge in [-0.15, -0.1) is 0 Å². The summed E-state index contributed by atoms with van der Waals surface area (Å²) in [6.07, 6.45) is 9.91. The molecule has 0 saturated heterocycles. The fourth-order valence-corrected chi connectivity index (χ4v) is 2.85. The topological polar surface area (TPSA) is 112 Å².